The van der Waals surface area contributed by atoms with E-state index in [9.17, 15) is 10.1 Å². The number of nitro groups is 1. The molecule has 0 aromatic heterocycles. The lowest BCUT2D eigenvalue weighted by Gasteiger charge is -2.14. The molecular formula is C26H26N2O4. The first kappa shape index (κ1) is 21.4. The number of para-hydroxylation sites is 1. The molecule has 1 saturated heterocycles. The van der Waals surface area contributed by atoms with E-state index in [0.717, 1.165) is 37.1 Å². The van der Waals surface area contributed by atoms with Gasteiger partial charge in [0.25, 0.3) is 0 Å². The van der Waals surface area contributed by atoms with Gasteiger partial charge in [-0.1, -0.05) is 42.5 Å². The molecule has 3 aromatic rings. The molecule has 0 bridgehead atoms. The summed E-state index contributed by atoms with van der Waals surface area (Å²) in [7, 11) is 0. The summed E-state index contributed by atoms with van der Waals surface area (Å²) in [5.74, 6) is 1.17. The first-order chi connectivity index (χ1) is 15.6. The van der Waals surface area contributed by atoms with Crippen LogP contribution in [0.4, 0.5) is 5.69 Å². The average molecular weight is 431 g/mol. The summed E-state index contributed by atoms with van der Waals surface area (Å²) in [6.07, 6.45) is 6.02. The van der Waals surface area contributed by atoms with E-state index in [1.54, 1.807) is 30.3 Å². The number of likely N-dealkylation sites (tertiary alicyclic amines) is 1. The van der Waals surface area contributed by atoms with Crippen LogP contribution < -0.4 is 9.47 Å². The monoisotopic (exact) mass is 430 g/mol. The summed E-state index contributed by atoms with van der Waals surface area (Å²) in [4.78, 5) is 13.7. The number of rotatable bonds is 8. The van der Waals surface area contributed by atoms with Crippen molar-refractivity contribution in [2.45, 2.75) is 26.4 Å². The molecule has 1 aliphatic heterocycles. The van der Waals surface area contributed by atoms with Gasteiger partial charge in [-0.25, -0.2) is 0 Å². The Kier molecular flexibility index (Phi) is 6.70. The Hall–Kier alpha value is -3.80. The Morgan fingerprint density at radius 3 is 2.50 bits per heavy atom. The SMILES string of the molecule is Cc1ccc(Oc2cccc(C=CN3CCCC3)c2[N+](=O)[O-])c(OCc2ccccc2)c1. The zero-order valence-corrected chi connectivity index (χ0v) is 18.1. The van der Waals surface area contributed by atoms with E-state index in [1.165, 1.54) is 0 Å². The van der Waals surface area contributed by atoms with E-state index in [2.05, 4.69) is 4.90 Å². The molecule has 0 N–H and O–H groups in total. The minimum absolute atomic E-state index is 0.0578. The van der Waals surface area contributed by atoms with Crippen LogP contribution in [-0.4, -0.2) is 22.9 Å². The van der Waals surface area contributed by atoms with Gasteiger partial charge in [0.2, 0.25) is 5.75 Å². The van der Waals surface area contributed by atoms with E-state index < -0.39 is 4.92 Å². The van der Waals surface area contributed by atoms with Gasteiger partial charge in [-0.15, -0.1) is 0 Å². The Labute approximate surface area is 187 Å². The number of aryl methyl sites for hydroxylation is 1. The topological polar surface area (TPSA) is 64.8 Å². The van der Waals surface area contributed by atoms with Gasteiger partial charge in [-0.2, -0.15) is 0 Å². The summed E-state index contributed by atoms with van der Waals surface area (Å²) in [5.41, 5.74) is 2.49. The van der Waals surface area contributed by atoms with Crippen LogP contribution in [0, 0.1) is 17.0 Å². The van der Waals surface area contributed by atoms with E-state index in [1.807, 2.05) is 55.6 Å². The van der Waals surface area contributed by atoms with Gasteiger partial charge in [0.15, 0.2) is 11.5 Å². The Morgan fingerprint density at radius 1 is 0.969 bits per heavy atom. The van der Waals surface area contributed by atoms with Crippen LogP contribution >= 0.6 is 0 Å². The summed E-state index contributed by atoms with van der Waals surface area (Å²) >= 11 is 0. The molecule has 0 spiro atoms. The maximum absolute atomic E-state index is 11.9. The van der Waals surface area contributed by atoms with Gasteiger partial charge in [0.1, 0.15) is 6.61 Å². The zero-order valence-electron chi connectivity index (χ0n) is 18.1. The molecular weight excluding hydrogens is 404 g/mol. The van der Waals surface area contributed by atoms with Gasteiger partial charge in [0.05, 0.1) is 10.5 Å². The van der Waals surface area contributed by atoms with Crippen molar-refractivity contribution in [3.63, 3.8) is 0 Å². The first-order valence-corrected chi connectivity index (χ1v) is 10.7. The molecule has 1 heterocycles. The molecule has 6 nitrogen and oxygen atoms in total. The molecule has 0 aliphatic carbocycles. The predicted molar refractivity (Wildman–Crippen MR) is 125 cm³/mol. The standard InChI is InChI=1S/C26H26N2O4/c1-20-12-13-23(25(18-20)31-19-21-8-3-2-4-9-21)32-24-11-7-10-22(26(24)28(29)30)14-17-27-15-5-6-16-27/h2-4,7-14,17-18H,5-6,15-16,19H2,1H3. The van der Waals surface area contributed by atoms with Crippen molar-refractivity contribution in [3.05, 3.63) is 99.7 Å². The molecule has 1 aliphatic rings. The largest absolute Gasteiger partial charge is 0.485 e. The van der Waals surface area contributed by atoms with Crippen LogP contribution in [0.1, 0.15) is 29.5 Å². The van der Waals surface area contributed by atoms with Crippen molar-refractivity contribution < 1.29 is 14.4 Å². The molecule has 0 unspecified atom stereocenters. The second-order valence-electron chi connectivity index (χ2n) is 7.84. The highest BCUT2D eigenvalue weighted by Gasteiger charge is 2.22. The van der Waals surface area contributed by atoms with E-state index >= 15 is 0 Å². The number of hydrogen-bond donors (Lipinski definition) is 0. The van der Waals surface area contributed by atoms with Gasteiger partial charge in [-0.05, 0) is 67.4 Å². The van der Waals surface area contributed by atoms with Gasteiger partial charge in [-0.3, -0.25) is 10.1 Å². The van der Waals surface area contributed by atoms with Crippen LogP contribution in [0.3, 0.4) is 0 Å². The van der Waals surface area contributed by atoms with Gasteiger partial charge >= 0.3 is 5.69 Å². The quantitative estimate of drug-likeness (QED) is 0.308. The Bertz CT molecular complexity index is 1110. The van der Waals surface area contributed by atoms with Crippen LogP contribution in [0.2, 0.25) is 0 Å². The fourth-order valence-corrected chi connectivity index (χ4v) is 3.69. The lowest BCUT2D eigenvalue weighted by atomic mass is 10.1. The average Bonchev–Trinajstić information content (AvgIpc) is 3.32. The highest BCUT2D eigenvalue weighted by atomic mass is 16.6. The molecule has 164 valence electrons. The minimum atomic E-state index is -0.391. The molecule has 3 aromatic carbocycles. The number of hydrogen-bond acceptors (Lipinski definition) is 5. The summed E-state index contributed by atoms with van der Waals surface area (Å²) in [6.45, 7) is 4.30. The van der Waals surface area contributed by atoms with Crippen LogP contribution in [0.15, 0.2) is 72.9 Å². The fourth-order valence-electron chi connectivity index (χ4n) is 3.69. The number of benzene rings is 3. The second-order valence-corrected chi connectivity index (χ2v) is 7.84. The molecule has 0 atom stereocenters. The van der Waals surface area contributed by atoms with Crippen molar-refractivity contribution in [3.8, 4) is 17.2 Å². The summed E-state index contributed by atoms with van der Waals surface area (Å²) in [6, 6.07) is 20.5. The molecule has 32 heavy (non-hydrogen) atoms. The van der Waals surface area contributed by atoms with Crippen molar-refractivity contribution >= 4 is 11.8 Å². The Balaban J connectivity index is 1.60. The molecule has 1 fully saturated rings. The summed E-state index contributed by atoms with van der Waals surface area (Å²) in [5, 5.41) is 11.9. The predicted octanol–water partition coefficient (Wildman–Crippen LogP) is 6.34. The molecule has 0 amide bonds. The molecule has 0 radical (unpaired) electrons. The molecule has 0 saturated carbocycles. The fraction of sp³-hybridized carbons (Fsp3) is 0.231. The van der Waals surface area contributed by atoms with Crippen molar-refractivity contribution in [1.82, 2.24) is 4.90 Å². The number of nitrogens with zero attached hydrogens (tertiary/aromatic N) is 2. The second kappa shape index (κ2) is 10.0. The molecule has 6 heteroatoms. The third kappa shape index (κ3) is 5.27. The highest BCUT2D eigenvalue weighted by molar-refractivity contribution is 5.67. The lowest BCUT2D eigenvalue weighted by molar-refractivity contribution is -0.385. The van der Waals surface area contributed by atoms with Gasteiger partial charge in [0, 0.05) is 13.1 Å². The first-order valence-electron chi connectivity index (χ1n) is 10.7. The van der Waals surface area contributed by atoms with Crippen molar-refractivity contribution in [2.75, 3.05) is 13.1 Å². The van der Waals surface area contributed by atoms with E-state index in [0.29, 0.717) is 23.7 Å². The summed E-state index contributed by atoms with van der Waals surface area (Å²) < 4.78 is 12.1. The normalized spacial score (nSPS) is 13.5. The minimum Gasteiger partial charge on any atom is -0.485 e. The zero-order chi connectivity index (χ0) is 22.3. The maximum Gasteiger partial charge on any atom is 0.318 e. The third-order valence-electron chi connectivity index (χ3n) is 5.37. The van der Waals surface area contributed by atoms with E-state index in [-0.39, 0.29) is 11.4 Å². The Morgan fingerprint density at radius 2 is 1.75 bits per heavy atom. The van der Waals surface area contributed by atoms with E-state index in [4.69, 9.17) is 9.47 Å². The van der Waals surface area contributed by atoms with Crippen LogP contribution in [0.25, 0.3) is 6.08 Å². The van der Waals surface area contributed by atoms with Crippen LogP contribution in [0.5, 0.6) is 17.2 Å². The maximum atomic E-state index is 11.9. The van der Waals surface area contributed by atoms with Crippen molar-refractivity contribution in [2.24, 2.45) is 0 Å². The van der Waals surface area contributed by atoms with Crippen LogP contribution in [-0.2, 0) is 6.61 Å². The smallest absolute Gasteiger partial charge is 0.318 e. The van der Waals surface area contributed by atoms with Gasteiger partial charge < -0.3 is 14.4 Å². The van der Waals surface area contributed by atoms with Crippen molar-refractivity contribution in [1.29, 1.82) is 0 Å². The number of ether oxygens (including phenoxy) is 2. The lowest BCUT2D eigenvalue weighted by Crippen LogP contribution is -2.10. The molecule has 4 rings (SSSR count). The third-order valence-corrected chi connectivity index (χ3v) is 5.37. The number of nitro benzene ring substituents is 1. The highest BCUT2D eigenvalue weighted by Crippen LogP contribution is 2.39.